The summed E-state index contributed by atoms with van der Waals surface area (Å²) in [6.45, 7) is 2.04. The summed E-state index contributed by atoms with van der Waals surface area (Å²) in [5.41, 5.74) is 0.120. The van der Waals surface area contributed by atoms with Gasteiger partial charge in [-0.2, -0.15) is 10.2 Å². The highest BCUT2D eigenvalue weighted by Crippen LogP contribution is 2.16. The van der Waals surface area contributed by atoms with Gasteiger partial charge in [0.15, 0.2) is 17.5 Å². The van der Waals surface area contributed by atoms with Crippen LogP contribution >= 0.6 is 0 Å². The lowest BCUT2D eigenvalue weighted by molar-refractivity contribution is 0.447. The number of aryl methyl sites for hydroxylation is 1. The van der Waals surface area contributed by atoms with E-state index >= 15 is 0 Å². The molecule has 0 radical (unpaired) electrons. The minimum absolute atomic E-state index is 0.0780. The lowest BCUT2D eigenvalue weighted by atomic mass is 10.0. The molecule has 0 fully saturated rings. The third kappa shape index (κ3) is 5.21. The van der Waals surface area contributed by atoms with Crippen LogP contribution in [0.15, 0.2) is 34.5 Å². The molecule has 0 unspecified atom stereocenters. The van der Waals surface area contributed by atoms with E-state index in [0.29, 0.717) is 12.0 Å². The number of unbranched alkanes of at least 4 members (excludes halogenated alkanes) is 2. The van der Waals surface area contributed by atoms with Gasteiger partial charge in [-0.05, 0) is 42.7 Å². The van der Waals surface area contributed by atoms with Crippen LogP contribution < -0.4 is 0 Å². The average molecular weight is 368 g/mol. The lowest BCUT2D eigenvalue weighted by Crippen LogP contribution is -1.98. The molecule has 0 N–H and O–H groups in total. The third-order valence-corrected chi connectivity index (χ3v) is 3.67. The second-order valence-electron chi connectivity index (χ2n) is 5.72. The number of nitrogens with zero attached hydrogens (tertiary/aromatic N) is 2. The summed E-state index contributed by atoms with van der Waals surface area (Å²) in [5, 5.41) is 6.94. The first-order valence-electron chi connectivity index (χ1n) is 8.11. The van der Waals surface area contributed by atoms with Gasteiger partial charge in [0.1, 0.15) is 11.6 Å². The van der Waals surface area contributed by atoms with E-state index in [1.807, 2.05) is 6.92 Å². The molecule has 2 aromatic rings. The number of benzene rings is 2. The highest BCUT2D eigenvalue weighted by Gasteiger charge is 2.10. The zero-order valence-corrected chi connectivity index (χ0v) is 14.1. The predicted molar refractivity (Wildman–Crippen MR) is 91.1 cm³/mol. The van der Waals surface area contributed by atoms with Crippen molar-refractivity contribution < 1.29 is 22.0 Å². The zero-order chi connectivity index (χ0) is 19.1. The molecule has 0 aliphatic heterocycles. The van der Waals surface area contributed by atoms with Crippen LogP contribution in [0, 0.1) is 29.1 Å². The molecule has 2 rings (SSSR count). The molecule has 0 amide bonds. The molecular formula is C19H17F5N2. The maximum atomic E-state index is 14.0. The molecule has 0 spiro atoms. The van der Waals surface area contributed by atoms with E-state index in [0.717, 1.165) is 43.8 Å². The molecule has 26 heavy (non-hydrogen) atoms. The van der Waals surface area contributed by atoms with Crippen LogP contribution in [0.5, 0.6) is 0 Å². The van der Waals surface area contributed by atoms with Gasteiger partial charge < -0.3 is 0 Å². The molecule has 0 saturated carbocycles. The number of hydrogen-bond acceptors (Lipinski definition) is 2. The van der Waals surface area contributed by atoms with Crippen molar-refractivity contribution in [2.75, 3.05) is 0 Å². The van der Waals surface area contributed by atoms with Crippen molar-refractivity contribution in [1.82, 2.24) is 0 Å². The van der Waals surface area contributed by atoms with Gasteiger partial charge in [0.2, 0.25) is 0 Å². The summed E-state index contributed by atoms with van der Waals surface area (Å²) in [6, 6.07) is 3.94. The number of hydrogen-bond donors (Lipinski definition) is 0. The summed E-state index contributed by atoms with van der Waals surface area (Å²) in [6.07, 6.45) is 5.22. The Bertz CT molecular complexity index is 785. The molecule has 138 valence electrons. The van der Waals surface area contributed by atoms with Crippen LogP contribution in [0.2, 0.25) is 0 Å². The van der Waals surface area contributed by atoms with E-state index in [-0.39, 0.29) is 11.1 Å². The lowest BCUT2D eigenvalue weighted by Gasteiger charge is -2.04. The Morgan fingerprint density at radius 1 is 0.769 bits per heavy atom. The Morgan fingerprint density at radius 2 is 1.35 bits per heavy atom. The first-order chi connectivity index (χ1) is 12.4. The van der Waals surface area contributed by atoms with Crippen molar-refractivity contribution in [2.45, 2.75) is 32.6 Å². The molecule has 7 heteroatoms. The van der Waals surface area contributed by atoms with Crippen molar-refractivity contribution >= 4 is 12.4 Å². The predicted octanol–water partition coefficient (Wildman–Crippen LogP) is 5.57. The van der Waals surface area contributed by atoms with Crippen molar-refractivity contribution in [2.24, 2.45) is 10.2 Å². The quantitative estimate of drug-likeness (QED) is 0.201. The standard InChI is InChI=1S/C19H17F5N2/c1-2-3-4-5-12-6-15(20)14(16(21)7-12)11-26-25-10-13-8-17(22)19(24)18(23)9-13/h6-11H,2-5H2,1H3/b25-10+,26-11+. The normalized spacial score (nSPS) is 11.8. The van der Waals surface area contributed by atoms with Crippen molar-refractivity contribution in [3.8, 4) is 0 Å². The fourth-order valence-electron chi connectivity index (χ4n) is 2.32. The van der Waals surface area contributed by atoms with Crippen LogP contribution in [0.3, 0.4) is 0 Å². The summed E-state index contributed by atoms with van der Waals surface area (Å²) in [7, 11) is 0. The molecule has 2 nitrogen and oxygen atoms in total. The topological polar surface area (TPSA) is 24.7 Å². The van der Waals surface area contributed by atoms with E-state index in [1.54, 1.807) is 0 Å². The van der Waals surface area contributed by atoms with Gasteiger partial charge >= 0.3 is 0 Å². The third-order valence-electron chi connectivity index (χ3n) is 3.67. The molecule has 0 atom stereocenters. The Balaban J connectivity index is 2.10. The monoisotopic (exact) mass is 368 g/mol. The summed E-state index contributed by atoms with van der Waals surface area (Å²) in [4.78, 5) is 0. The van der Waals surface area contributed by atoms with Gasteiger partial charge in [-0.25, -0.2) is 22.0 Å². The van der Waals surface area contributed by atoms with Gasteiger partial charge in [-0.15, -0.1) is 0 Å². The molecular weight excluding hydrogens is 351 g/mol. The summed E-state index contributed by atoms with van der Waals surface area (Å²) >= 11 is 0. The number of halogens is 5. The number of rotatable bonds is 7. The van der Waals surface area contributed by atoms with E-state index in [1.165, 1.54) is 12.1 Å². The van der Waals surface area contributed by atoms with E-state index in [9.17, 15) is 22.0 Å². The SMILES string of the molecule is CCCCCc1cc(F)c(/C=N/N=C/c2cc(F)c(F)c(F)c2)c(F)c1. The molecule has 0 aromatic heterocycles. The van der Waals surface area contributed by atoms with Crippen LogP contribution in [0.1, 0.15) is 42.9 Å². The van der Waals surface area contributed by atoms with Crippen molar-refractivity contribution in [1.29, 1.82) is 0 Å². The highest BCUT2D eigenvalue weighted by molar-refractivity contribution is 5.83. The summed E-state index contributed by atoms with van der Waals surface area (Å²) < 4.78 is 66.9. The minimum Gasteiger partial charge on any atom is -0.206 e. The zero-order valence-electron chi connectivity index (χ0n) is 14.1. The van der Waals surface area contributed by atoms with Crippen LogP contribution in [0.25, 0.3) is 0 Å². The van der Waals surface area contributed by atoms with Gasteiger partial charge in [-0.1, -0.05) is 19.8 Å². The van der Waals surface area contributed by atoms with E-state index < -0.39 is 29.1 Å². The largest absolute Gasteiger partial charge is 0.206 e. The van der Waals surface area contributed by atoms with Gasteiger partial charge in [0.05, 0.1) is 18.0 Å². The fraction of sp³-hybridized carbons (Fsp3) is 0.263. The van der Waals surface area contributed by atoms with Crippen LogP contribution in [-0.4, -0.2) is 12.4 Å². The Kier molecular flexibility index (Phi) is 7.00. The second-order valence-corrected chi connectivity index (χ2v) is 5.72. The van der Waals surface area contributed by atoms with Crippen molar-refractivity contribution in [3.05, 3.63) is 70.0 Å². The average Bonchev–Trinajstić information content (AvgIpc) is 2.58. The molecule has 0 aliphatic rings. The maximum absolute atomic E-state index is 14.0. The van der Waals surface area contributed by atoms with Gasteiger partial charge in [0.25, 0.3) is 0 Å². The Morgan fingerprint density at radius 3 is 1.92 bits per heavy atom. The maximum Gasteiger partial charge on any atom is 0.194 e. The first kappa shape index (κ1) is 19.8. The Labute approximate surface area is 148 Å². The van der Waals surface area contributed by atoms with Crippen LogP contribution in [0.4, 0.5) is 22.0 Å². The highest BCUT2D eigenvalue weighted by atomic mass is 19.2. The van der Waals surface area contributed by atoms with E-state index in [4.69, 9.17) is 0 Å². The fourth-order valence-corrected chi connectivity index (χ4v) is 2.32. The van der Waals surface area contributed by atoms with E-state index in [2.05, 4.69) is 10.2 Å². The molecule has 0 heterocycles. The summed E-state index contributed by atoms with van der Waals surface area (Å²) in [5.74, 6) is -5.87. The molecule has 0 aliphatic carbocycles. The smallest absolute Gasteiger partial charge is 0.194 e. The Hall–Kier alpha value is -2.57. The molecule has 0 saturated heterocycles. The van der Waals surface area contributed by atoms with Crippen LogP contribution in [-0.2, 0) is 6.42 Å². The van der Waals surface area contributed by atoms with Gasteiger partial charge in [-0.3, -0.25) is 0 Å². The first-order valence-corrected chi connectivity index (χ1v) is 8.11. The molecule has 2 aromatic carbocycles. The van der Waals surface area contributed by atoms with Crippen molar-refractivity contribution in [3.63, 3.8) is 0 Å². The second kappa shape index (κ2) is 9.22. The minimum atomic E-state index is -1.59. The molecule has 0 bridgehead atoms. The van der Waals surface area contributed by atoms with Gasteiger partial charge in [0, 0.05) is 5.56 Å².